The highest BCUT2D eigenvalue weighted by atomic mass is 16.5. The lowest BCUT2D eigenvalue weighted by molar-refractivity contribution is -0.115. The van der Waals surface area contributed by atoms with Crippen molar-refractivity contribution in [2.24, 2.45) is 5.41 Å². The minimum absolute atomic E-state index is 0.119. The first-order chi connectivity index (χ1) is 9.14. The van der Waals surface area contributed by atoms with E-state index in [4.69, 9.17) is 9.47 Å². The van der Waals surface area contributed by atoms with Crippen LogP contribution in [0.3, 0.4) is 0 Å². The van der Waals surface area contributed by atoms with E-state index in [9.17, 15) is 0 Å². The number of nitrogens with one attached hydrogen (secondary N) is 1. The van der Waals surface area contributed by atoms with Gasteiger partial charge in [-0.15, -0.1) is 0 Å². The lowest BCUT2D eigenvalue weighted by Gasteiger charge is -2.52. The molecule has 3 atom stereocenters. The standard InChI is InChI=1S/C14H23N3O2/c1-14(2)12(6-13(14)18-3)17-9-16-7-10(17)11-8-15-4-5-19-11/h7,9,11-13,15H,4-6,8H2,1-3H3. The largest absolute Gasteiger partial charge is 0.381 e. The number of methoxy groups -OCH3 is 1. The maximum atomic E-state index is 5.85. The summed E-state index contributed by atoms with van der Waals surface area (Å²) in [5.74, 6) is 0. The average molecular weight is 265 g/mol. The summed E-state index contributed by atoms with van der Waals surface area (Å²) in [4.78, 5) is 4.33. The Hall–Kier alpha value is -0.910. The Labute approximate surface area is 114 Å². The maximum absolute atomic E-state index is 5.85. The normalized spacial score (nSPS) is 33.9. The molecule has 1 aliphatic carbocycles. The van der Waals surface area contributed by atoms with Crippen molar-refractivity contribution in [2.75, 3.05) is 26.8 Å². The molecule has 1 aliphatic heterocycles. The summed E-state index contributed by atoms with van der Waals surface area (Å²) in [5.41, 5.74) is 1.33. The highest BCUT2D eigenvalue weighted by Crippen LogP contribution is 2.51. The van der Waals surface area contributed by atoms with Crippen molar-refractivity contribution in [3.05, 3.63) is 18.2 Å². The molecule has 1 saturated carbocycles. The van der Waals surface area contributed by atoms with E-state index < -0.39 is 0 Å². The van der Waals surface area contributed by atoms with Crippen molar-refractivity contribution in [3.8, 4) is 0 Å². The molecule has 1 aromatic heterocycles. The van der Waals surface area contributed by atoms with Gasteiger partial charge in [0.15, 0.2) is 0 Å². The van der Waals surface area contributed by atoms with Crippen LogP contribution in [0.15, 0.2) is 12.5 Å². The smallest absolute Gasteiger partial charge is 0.111 e. The van der Waals surface area contributed by atoms with E-state index in [0.717, 1.165) is 26.1 Å². The van der Waals surface area contributed by atoms with Gasteiger partial charge in [-0.3, -0.25) is 0 Å². The van der Waals surface area contributed by atoms with Crippen LogP contribution in [-0.2, 0) is 9.47 Å². The average Bonchev–Trinajstić information content (AvgIpc) is 2.88. The van der Waals surface area contributed by atoms with Crippen LogP contribution >= 0.6 is 0 Å². The van der Waals surface area contributed by atoms with Crippen LogP contribution in [0.25, 0.3) is 0 Å². The number of hydrogen-bond donors (Lipinski definition) is 1. The van der Waals surface area contributed by atoms with Crippen molar-refractivity contribution in [1.82, 2.24) is 14.9 Å². The van der Waals surface area contributed by atoms with Gasteiger partial charge < -0.3 is 19.4 Å². The van der Waals surface area contributed by atoms with Gasteiger partial charge in [0.25, 0.3) is 0 Å². The van der Waals surface area contributed by atoms with Gasteiger partial charge in [0, 0.05) is 31.7 Å². The number of rotatable bonds is 3. The summed E-state index contributed by atoms with van der Waals surface area (Å²) in [5, 5.41) is 3.38. The molecular weight excluding hydrogens is 242 g/mol. The van der Waals surface area contributed by atoms with Crippen LogP contribution in [0, 0.1) is 5.41 Å². The van der Waals surface area contributed by atoms with Gasteiger partial charge >= 0.3 is 0 Å². The second kappa shape index (κ2) is 4.89. The van der Waals surface area contributed by atoms with Crippen molar-refractivity contribution in [3.63, 3.8) is 0 Å². The summed E-state index contributed by atoms with van der Waals surface area (Å²) in [7, 11) is 1.80. The third-order valence-corrected chi connectivity index (χ3v) is 4.70. The fourth-order valence-corrected chi connectivity index (χ4v) is 3.32. The van der Waals surface area contributed by atoms with Gasteiger partial charge in [-0.05, 0) is 6.42 Å². The molecule has 3 unspecified atom stereocenters. The van der Waals surface area contributed by atoms with Crippen molar-refractivity contribution >= 4 is 0 Å². The van der Waals surface area contributed by atoms with E-state index in [2.05, 4.69) is 28.7 Å². The molecule has 5 nitrogen and oxygen atoms in total. The monoisotopic (exact) mass is 265 g/mol. The Morgan fingerprint density at radius 3 is 3.00 bits per heavy atom. The first-order valence-electron chi connectivity index (χ1n) is 7.01. The van der Waals surface area contributed by atoms with Gasteiger partial charge in [0.1, 0.15) is 6.10 Å². The van der Waals surface area contributed by atoms with Crippen molar-refractivity contribution in [1.29, 1.82) is 0 Å². The predicted octanol–water partition coefficient (Wildman–Crippen LogP) is 1.53. The predicted molar refractivity (Wildman–Crippen MR) is 72.0 cm³/mol. The van der Waals surface area contributed by atoms with Gasteiger partial charge in [-0.25, -0.2) is 4.98 Å². The molecule has 19 heavy (non-hydrogen) atoms. The maximum Gasteiger partial charge on any atom is 0.111 e. The zero-order chi connectivity index (χ0) is 13.5. The number of hydrogen-bond acceptors (Lipinski definition) is 4. The Balaban J connectivity index is 1.81. The highest BCUT2D eigenvalue weighted by Gasteiger charge is 2.50. The van der Waals surface area contributed by atoms with Gasteiger partial charge in [-0.1, -0.05) is 13.8 Å². The van der Waals surface area contributed by atoms with E-state index in [0.29, 0.717) is 12.1 Å². The molecule has 2 aliphatic rings. The molecule has 2 heterocycles. The molecule has 1 saturated heterocycles. The van der Waals surface area contributed by atoms with E-state index in [-0.39, 0.29) is 11.5 Å². The lowest BCUT2D eigenvalue weighted by atomic mass is 9.64. The Kier molecular flexibility index (Phi) is 3.37. The van der Waals surface area contributed by atoms with Crippen LogP contribution < -0.4 is 5.32 Å². The third-order valence-electron chi connectivity index (χ3n) is 4.70. The number of aromatic nitrogens is 2. The zero-order valence-corrected chi connectivity index (χ0v) is 11.9. The third kappa shape index (κ3) is 2.10. The number of imidazole rings is 1. The molecule has 0 radical (unpaired) electrons. The topological polar surface area (TPSA) is 48.3 Å². The second-order valence-corrected chi connectivity index (χ2v) is 6.09. The Morgan fingerprint density at radius 1 is 1.53 bits per heavy atom. The number of ether oxygens (including phenoxy) is 2. The first-order valence-corrected chi connectivity index (χ1v) is 7.01. The Bertz CT molecular complexity index is 438. The SMILES string of the molecule is COC1CC(n2cncc2C2CNCCO2)C1(C)C. The van der Waals surface area contributed by atoms with Crippen molar-refractivity contribution < 1.29 is 9.47 Å². The quantitative estimate of drug-likeness (QED) is 0.900. The summed E-state index contributed by atoms with van der Waals surface area (Å²) in [6.45, 7) is 7.10. The molecule has 0 aromatic carbocycles. The Morgan fingerprint density at radius 2 is 2.37 bits per heavy atom. The van der Waals surface area contributed by atoms with Crippen LogP contribution in [0.4, 0.5) is 0 Å². The molecule has 0 bridgehead atoms. The van der Waals surface area contributed by atoms with E-state index in [1.165, 1.54) is 5.69 Å². The molecular formula is C14H23N3O2. The van der Waals surface area contributed by atoms with Crippen molar-refractivity contribution in [2.45, 2.75) is 38.5 Å². The molecule has 0 amide bonds. The van der Waals surface area contributed by atoms with E-state index in [1.807, 2.05) is 12.5 Å². The second-order valence-electron chi connectivity index (χ2n) is 6.09. The van der Waals surface area contributed by atoms with Gasteiger partial charge in [-0.2, -0.15) is 0 Å². The molecule has 106 valence electrons. The molecule has 0 spiro atoms. The number of morpholine rings is 1. The van der Waals surface area contributed by atoms with Crippen LogP contribution in [0.2, 0.25) is 0 Å². The molecule has 1 aromatic rings. The highest BCUT2D eigenvalue weighted by molar-refractivity contribution is 5.12. The van der Waals surface area contributed by atoms with E-state index in [1.54, 1.807) is 7.11 Å². The lowest BCUT2D eigenvalue weighted by Crippen LogP contribution is -2.51. The summed E-state index contributed by atoms with van der Waals surface area (Å²) in [6, 6.07) is 0.445. The minimum atomic E-state index is 0.119. The molecule has 1 N–H and O–H groups in total. The fourth-order valence-electron chi connectivity index (χ4n) is 3.32. The van der Waals surface area contributed by atoms with Crippen LogP contribution in [-0.4, -0.2) is 42.5 Å². The van der Waals surface area contributed by atoms with Crippen LogP contribution in [0.1, 0.15) is 38.1 Å². The summed E-state index contributed by atoms with van der Waals surface area (Å²) < 4.78 is 13.7. The van der Waals surface area contributed by atoms with Gasteiger partial charge in [0.05, 0.1) is 30.9 Å². The fraction of sp³-hybridized carbons (Fsp3) is 0.786. The first kappa shape index (κ1) is 13.1. The summed E-state index contributed by atoms with van der Waals surface area (Å²) >= 11 is 0. The van der Waals surface area contributed by atoms with Gasteiger partial charge in [0.2, 0.25) is 0 Å². The molecule has 2 fully saturated rings. The summed E-state index contributed by atoms with van der Waals surface area (Å²) in [6.07, 6.45) is 5.37. The van der Waals surface area contributed by atoms with Crippen LogP contribution in [0.5, 0.6) is 0 Å². The molecule has 3 rings (SSSR count). The van der Waals surface area contributed by atoms with E-state index >= 15 is 0 Å². The number of nitrogens with zero attached hydrogens (tertiary/aromatic N) is 2. The minimum Gasteiger partial charge on any atom is -0.381 e. The zero-order valence-electron chi connectivity index (χ0n) is 11.9. The molecule has 5 heteroatoms.